The van der Waals surface area contributed by atoms with Gasteiger partial charge >= 0.3 is 0 Å². The predicted molar refractivity (Wildman–Crippen MR) is 143 cm³/mol. The van der Waals surface area contributed by atoms with Crippen molar-refractivity contribution in [3.63, 3.8) is 0 Å². The highest BCUT2D eigenvalue weighted by atomic mass is 32.2. The Hall–Kier alpha value is -3.49. The molecule has 1 aliphatic rings. The summed E-state index contributed by atoms with van der Waals surface area (Å²) in [6, 6.07) is 31.8. The molecule has 0 radical (unpaired) electrons. The van der Waals surface area contributed by atoms with Crippen molar-refractivity contribution < 1.29 is 22.8 Å². The van der Waals surface area contributed by atoms with Crippen LogP contribution in [0.3, 0.4) is 0 Å². The number of nitrogens with zero attached hydrogens (tertiary/aromatic N) is 1. The molecule has 1 heterocycles. The summed E-state index contributed by atoms with van der Waals surface area (Å²) in [4.78, 5) is 1.98. The van der Waals surface area contributed by atoms with Gasteiger partial charge in [0.05, 0.1) is 10.5 Å². The fraction of sp³-hybridized carbons (Fsp3) is 0.200. The van der Waals surface area contributed by atoms with E-state index in [1.807, 2.05) is 84.9 Å². The Morgan fingerprint density at radius 2 is 1.41 bits per heavy atom. The third kappa shape index (κ3) is 5.92. The molecule has 1 saturated heterocycles. The zero-order valence-corrected chi connectivity index (χ0v) is 21.1. The zero-order chi connectivity index (χ0) is 25.9. The Bertz CT molecular complexity index is 1460. The van der Waals surface area contributed by atoms with Crippen LogP contribution in [0.25, 0.3) is 11.1 Å². The van der Waals surface area contributed by atoms with E-state index in [1.165, 1.54) is 6.07 Å². The van der Waals surface area contributed by atoms with E-state index in [0.717, 1.165) is 28.2 Å². The number of benzene rings is 4. The van der Waals surface area contributed by atoms with Crippen molar-refractivity contribution >= 4 is 10.1 Å². The molecule has 0 bridgehead atoms. The first-order chi connectivity index (χ1) is 17.8. The third-order valence-corrected chi connectivity index (χ3v) is 7.74. The van der Waals surface area contributed by atoms with Crippen LogP contribution in [-0.4, -0.2) is 36.1 Å². The first-order valence-corrected chi connectivity index (χ1v) is 13.7. The van der Waals surface area contributed by atoms with Crippen molar-refractivity contribution in [2.75, 3.05) is 13.1 Å². The summed E-state index contributed by atoms with van der Waals surface area (Å²) in [5.41, 5.74) is 1.65. The normalized spacial score (nSPS) is 15.8. The molecule has 7 heteroatoms. The molecule has 190 valence electrons. The molecule has 4 aromatic carbocycles. The molecule has 0 aromatic heterocycles. The summed E-state index contributed by atoms with van der Waals surface area (Å²) >= 11 is 0. The highest BCUT2D eigenvalue weighted by molar-refractivity contribution is 7.85. The van der Waals surface area contributed by atoms with Gasteiger partial charge in [-0.1, -0.05) is 66.7 Å². The van der Waals surface area contributed by atoms with Gasteiger partial charge in [-0.15, -0.1) is 0 Å². The molecule has 6 nitrogen and oxygen atoms in total. The zero-order valence-electron chi connectivity index (χ0n) is 20.3. The molecule has 0 saturated carbocycles. The molecule has 0 spiro atoms. The highest BCUT2D eigenvalue weighted by Gasteiger charge is 2.38. The highest BCUT2D eigenvalue weighted by Crippen LogP contribution is 2.39. The number of likely N-dealkylation sites (tertiary alicyclic amines) is 1. The summed E-state index contributed by atoms with van der Waals surface area (Å²) in [6.07, 6.45) is 0.682. The number of hydrogen-bond acceptors (Lipinski definition) is 5. The summed E-state index contributed by atoms with van der Waals surface area (Å²) in [6.45, 7) is 1.82. The van der Waals surface area contributed by atoms with Crippen LogP contribution >= 0.6 is 0 Å². The molecule has 1 aliphatic heterocycles. The summed E-state index contributed by atoms with van der Waals surface area (Å²) < 4.78 is 40.2. The Morgan fingerprint density at radius 1 is 0.757 bits per heavy atom. The standard InChI is InChI=1S/C30H29NO5S/c32-30(28-21-25(24-9-3-1-4-10-24)14-15-29(28)37(33,34)35)16-18-31(19-17-30)22-23-8-7-13-27(20-23)36-26-11-5-2-6-12-26/h1-15,20-21,32H,16-19,22H2,(H,33,34,35). The van der Waals surface area contributed by atoms with Gasteiger partial charge in [0.2, 0.25) is 0 Å². The molecule has 0 atom stereocenters. The maximum Gasteiger partial charge on any atom is 0.294 e. The van der Waals surface area contributed by atoms with Crippen LogP contribution in [0.5, 0.6) is 11.5 Å². The summed E-state index contributed by atoms with van der Waals surface area (Å²) in [7, 11) is -4.50. The molecular weight excluding hydrogens is 486 g/mol. The average Bonchev–Trinajstić information content (AvgIpc) is 2.91. The largest absolute Gasteiger partial charge is 0.457 e. The van der Waals surface area contributed by atoms with E-state index >= 15 is 0 Å². The van der Waals surface area contributed by atoms with Crippen LogP contribution in [0.2, 0.25) is 0 Å². The summed E-state index contributed by atoms with van der Waals surface area (Å²) in [5, 5.41) is 11.6. The topological polar surface area (TPSA) is 87.1 Å². The molecule has 4 aromatic rings. The number of rotatable bonds is 7. The van der Waals surface area contributed by atoms with Crippen LogP contribution in [0.15, 0.2) is 108 Å². The molecule has 0 amide bonds. The van der Waals surface area contributed by atoms with Gasteiger partial charge in [0.15, 0.2) is 0 Å². The third-order valence-electron chi connectivity index (χ3n) is 6.83. The van der Waals surface area contributed by atoms with Gasteiger partial charge in [0.1, 0.15) is 11.5 Å². The Balaban J connectivity index is 1.33. The van der Waals surface area contributed by atoms with E-state index in [0.29, 0.717) is 32.5 Å². The van der Waals surface area contributed by atoms with Gasteiger partial charge in [-0.2, -0.15) is 8.42 Å². The second-order valence-corrected chi connectivity index (χ2v) is 10.8. The Labute approximate surface area is 217 Å². The minimum absolute atomic E-state index is 0.242. The molecule has 2 N–H and O–H groups in total. The predicted octanol–water partition coefficient (Wildman–Crippen LogP) is 5.88. The average molecular weight is 516 g/mol. The molecular formula is C30H29NO5S. The van der Waals surface area contributed by atoms with Crippen molar-refractivity contribution in [3.8, 4) is 22.6 Å². The number of para-hydroxylation sites is 1. The quantitative estimate of drug-likeness (QED) is 0.299. The summed E-state index contributed by atoms with van der Waals surface area (Å²) in [5.74, 6) is 1.53. The van der Waals surface area contributed by atoms with E-state index < -0.39 is 15.7 Å². The van der Waals surface area contributed by atoms with Gasteiger partial charge in [0.25, 0.3) is 10.1 Å². The fourth-order valence-corrected chi connectivity index (χ4v) is 5.64. The van der Waals surface area contributed by atoms with Crippen LogP contribution in [0.4, 0.5) is 0 Å². The minimum Gasteiger partial charge on any atom is -0.457 e. The van der Waals surface area contributed by atoms with E-state index in [-0.39, 0.29) is 10.5 Å². The second kappa shape index (κ2) is 10.5. The smallest absolute Gasteiger partial charge is 0.294 e. The van der Waals surface area contributed by atoms with Crippen molar-refractivity contribution in [2.45, 2.75) is 29.9 Å². The van der Waals surface area contributed by atoms with Gasteiger partial charge < -0.3 is 9.84 Å². The lowest BCUT2D eigenvalue weighted by molar-refractivity contribution is -0.0299. The first kappa shape index (κ1) is 25.2. The van der Waals surface area contributed by atoms with Crippen LogP contribution in [-0.2, 0) is 22.3 Å². The Kier molecular flexibility index (Phi) is 7.13. The number of piperidine rings is 1. The van der Waals surface area contributed by atoms with E-state index in [1.54, 1.807) is 12.1 Å². The van der Waals surface area contributed by atoms with Gasteiger partial charge in [-0.25, -0.2) is 0 Å². The fourth-order valence-electron chi connectivity index (χ4n) is 4.87. The number of aliphatic hydroxyl groups is 1. The van der Waals surface area contributed by atoms with Crippen LogP contribution in [0, 0.1) is 0 Å². The lowest BCUT2D eigenvalue weighted by Crippen LogP contribution is -2.42. The van der Waals surface area contributed by atoms with Crippen molar-refractivity contribution in [1.29, 1.82) is 0 Å². The van der Waals surface area contributed by atoms with Crippen LogP contribution in [0.1, 0.15) is 24.0 Å². The molecule has 0 aliphatic carbocycles. The lowest BCUT2D eigenvalue weighted by atomic mass is 9.83. The van der Waals surface area contributed by atoms with E-state index in [2.05, 4.69) is 4.90 Å². The van der Waals surface area contributed by atoms with Crippen molar-refractivity contribution in [3.05, 3.63) is 114 Å². The van der Waals surface area contributed by atoms with Gasteiger partial charge in [-0.05, 0) is 65.9 Å². The van der Waals surface area contributed by atoms with E-state index in [4.69, 9.17) is 4.74 Å². The van der Waals surface area contributed by atoms with Gasteiger partial charge in [-0.3, -0.25) is 9.45 Å². The molecule has 5 rings (SSSR count). The molecule has 37 heavy (non-hydrogen) atoms. The number of hydrogen-bond donors (Lipinski definition) is 2. The monoisotopic (exact) mass is 515 g/mol. The minimum atomic E-state index is -4.50. The van der Waals surface area contributed by atoms with Gasteiger partial charge in [0, 0.05) is 25.2 Å². The van der Waals surface area contributed by atoms with E-state index in [9.17, 15) is 18.1 Å². The maximum atomic E-state index is 12.2. The van der Waals surface area contributed by atoms with Crippen molar-refractivity contribution in [2.24, 2.45) is 0 Å². The Morgan fingerprint density at radius 3 is 2.08 bits per heavy atom. The molecule has 1 fully saturated rings. The first-order valence-electron chi connectivity index (χ1n) is 12.2. The number of ether oxygens (including phenoxy) is 1. The lowest BCUT2D eigenvalue weighted by Gasteiger charge is -2.39. The van der Waals surface area contributed by atoms with Crippen molar-refractivity contribution in [1.82, 2.24) is 4.90 Å². The molecule has 0 unspecified atom stereocenters. The SMILES string of the molecule is O=S(=O)(O)c1ccc(-c2ccccc2)cc1C1(O)CCN(Cc2cccc(Oc3ccccc3)c2)CC1. The van der Waals surface area contributed by atoms with Crippen LogP contribution < -0.4 is 4.74 Å². The second-order valence-electron chi connectivity index (χ2n) is 9.42. The maximum absolute atomic E-state index is 12.2.